The fraction of sp³-hybridized carbons (Fsp3) is 0.212. The molecule has 188 valence electrons. The van der Waals surface area contributed by atoms with E-state index in [1.54, 1.807) is 0 Å². The highest BCUT2D eigenvalue weighted by atomic mass is 16.3. The van der Waals surface area contributed by atoms with E-state index in [9.17, 15) is 19.8 Å². The summed E-state index contributed by atoms with van der Waals surface area (Å²) in [5, 5.41) is 19.6. The number of aliphatic hydroxyl groups is 2. The molecule has 0 amide bonds. The number of aliphatic hydroxyl groups excluding tert-OH is 2. The number of carbonyl (C=O) groups excluding carboxylic acids is 2. The van der Waals surface area contributed by atoms with Crippen LogP contribution >= 0.6 is 0 Å². The summed E-state index contributed by atoms with van der Waals surface area (Å²) in [5.74, 6) is 0. The van der Waals surface area contributed by atoms with Crippen molar-refractivity contribution in [3.8, 4) is 22.3 Å². The van der Waals surface area contributed by atoms with Crippen LogP contribution in [-0.2, 0) is 18.3 Å². The van der Waals surface area contributed by atoms with Crippen LogP contribution in [0.4, 0.5) is 0 Å². The summed E-state index contributed by atoms with van der Waals surface area (Å²) in [4.78, 5) is 24.6. The van der Waals surface area contributed by atoms with Gasteiger partial charge in [0.15, 0.2) is 12.6 Å². The fourth-order valence-corrected chi connectivity index (χ4v) is 5.08. The normalized spacial score (nSPS) is 11.4. The molecule has 0 saturated carbocycles. The Morgan fingerprint density at radius 3 is 1.32 bits per heavy atom. The zero-order valence-electron chi connectivity index (χ0n) is 21.3. The van der Waals surface area contributed by atoms with E-state index in [0.717, 1.165) is 57.1 Å². The summed E-state index contributed by atoms with van der Waals surface area (Å²) in [6.45, 7) is 4.06. The second-order valence-corrected chi connectivity index (χ2v) is 9.74. The zero-order chi connectivity index (χ0) is 26.4. The molecule has 0 spiro atoms. The first-order chi connectivity index (χ1) is 17.9. The van der Waals surface area contributed by atoms with Gasteiger partial charge in [-0.15, -0.1) is 0 Å². The number of benzene rings is 4. The van der Waals surface area contributed by atoms with Gasteiger partial charge in [0.05, 0.1) is 0 Å². The second kappa shape index (κ2) is 11.5. The monoisotopic (exact) mass is 492 g/mol. The van der Waals surface area contributed by atoms with Crippen LogP contribution in [0.1, 0.15) is 56.8 Å². The van der Waals surface area contributed by atoms with Crippen molar-refractivity contribution in [3.63, 3.8) is 0 Å². The van der Waals surface area contributed by atoms with Gasteiger partial charge in [-0.25, -0.2) is 0 Å². The number of aldehydes is 2. The highest BCUT2D eigenvalue weighted by molar-refractivity contribution is 5.91. The van der Waals surface area contributed by atoms with Crippen LogP contribution in [0.15, 0.2) is 84.9 Å². The Morgan fingerprint density at radius 1 is 0.622 bits per heavy atom. The van der Waals surface area contributed by atoms with Gasteiger partial charge in [0.2, 0.25) is 0 Å². The van der Waals surface area contributed by atoms with Gasteiger partial charge in [-0.3, -0.25) is 9.59 Å². The molecule has 2 N–H and O–H groups in total. The maximum absolute atomic E-state index is 12.3. The lowest BCUT2D eigenvalue weighted by Gasteiger charge is -2.30. The minimum atomic E-state index is -0.561. The quantitative estimate of drug-likeness (QED) is 0.265. The predicted octanol–water partition coefficient (Wildman–Crippen LogP) is 6.04. The van der Waals surface area contributed by atoms with E-state index in [2.05, 4.69) is 26.0 Å². The Morgan fingerprint density at radius 2 is 1.00 bits per heavy atom. The Hall–Kier alpha value is -3.86. The summed E-state index contributed by atoms with van der Waals surface area (Å²) >= 11 is 0. The molecular formula is C33H32O4. The summed E-state index contributed by atoms with van der Waals surface area (Å²) in [6, 6.07) is 27.4. The van der Waals surface area contributed by atoms with Crippen molar-refractivity contribution in [2.24, 2.45) is 0 Å². The SMILES string of the molecule is CC(C)(c1cc(C=O)c(-c2ccccc2)c(CCO)c1)c1cc(C=O)c(-c2ccccc2)c(CCO)c1. The van der Waals surface area contributed by atoms with Crippen LogP contribution in [-0.4, -0.2) is 36.0 Å². The maximum Gasteiger partial charge on any atom is 0.150 e. The van der Waals surface area contributed by atoms with Crippen LogP contribution < -0.4 is 0 Å². The molecular weight excluding hydrogens is 460 g/mol. The van der Waals surface area contributed by atoms with E-state index in [4.69, 9.17) is 0 Å². The van der Waals surface area contributed by atoms with E-state index in [0.29, 0.717) is 24.0 Å². The number of carbonyl (C=O) groups is 2. The van der Waals surface area contributed by atoms with Gasteiger partial charge >= 0.3 is 0 Å². The van der Waals surface area contributed by atoms with E-state index in [1.807, 2.05) is 72.8 Å². The standard InChI is InChI=1S/C33H32O4/c1-33(2,29-17-25(13-15-34)31(27(19-29)21-36)23-9-5-3-6-10-23)30-18-26(14-16-35)32(28(20-30)22-37)24-11-7-4-8-12-24/h3-12,17-22,34-35H,13-16H2,1-2H3. The molecule has 0 aliphatic heterocycles. The average Bonchev–Trinajstić information content (AvgIpc) is 2.93. The first-order valence-electron chi connectivity index (χ1n) is 12.5. The van der Waals surface area contributed by atoms with Gasteiger partial charge in [-0.05, 0) is 69.5 Å². The molecule has 0 aromatic heterocycles. The highest BCUT2D eigenvalue weighted by Crippen LogP contribution is 2.39. The van der Waals surface area contributed by atoms with Gasteiger partial charge in [-0.1, -0.05) is 86.6 Å². The van der Waals surface area contributed by atoms with Crippen molar-refractivity contribution in [1.29, 1.82) is 0 Å². The fourth-order valence-electron chi connectivity index (χ4n) is 5.08. The summed E-state index contributed by atoms with van der Waals surface area (Å²) < 4.78 is 0. The van der Waals surface area contributed by atoms with Crippen LogP contribution in [0.5, 0.6) is 0 Å². The van der Waals surface area contributed by atoms with Crippen molar-refractivity contribution in [2.45, 2.75) is 32.1 Å². The number of hydrogen-bond acceptors (Lipinski definition) is 4. The third-order valence-corrected chi connectivity index (χ3v) is 7.09. The topological polar surface area (TPSA) is 74.6 Å². The van der Waals surface area contributed by atoms with Gasteiger partial charge < -0.3 is 10.2 Å². The van der Waals surface area contributed by atoms with E-state index in [-0.39, 0.29) is 13.2 Å². The Balaban J connectivity index is 1.91. The molecule has 4 heteroatoms. The molecule has 0 fully saturated rings. The summed E-state index contributed by atoms with van der Waals surface area (Å²) in [7, 11) is 0. The lowest BCUT2D eigenvalue weighted by molar-refractivity contribution is 0.111. The molecule has 0 saturated heterocycles. The summed E-state index contributed by atoms with van der Waals surface area (Å²) in [5.41, 5.74) is 7.71. The van der Waals surface area contributed by atoms with Gasteiger partial charge in [0.25, 0.3) is 0 Å². The van der Waals surface area contributed by atoms with Gasteiger partial charge in [-0.2, -0.15) is 0 Å². The van der Waals surface area contributed by atoms with Crippen LogP contribution in [0.2, 0.25) is 0 Å². The molecule has 4 aromatic rings. The zero-order valence-corrected chi connectivity index (χ0v) is 21.3. The Labute approximate surface area is 218 Å². The van der Waals surface area contributed by atoms with Crippen molar-refractivity contribution in [1.82, 2.24) is 0 Å². The Bertz CT molecular complexity index is 1280. The molecule has 37 heavy (non-hydrogen) atoms. The van der Waals surface area contributed by atoms with Crippen LogP contribution in [0.25, 0.3) is 22.3 Å². The molecule has 4 nitrogen and oxygen atoms in total. The molecule has 0 radical (unpaired) electrons. The van der Waals surface area contributed by atoms with E-state index >= 15 is 0 Å². The molecule has 0 unspecified atom stereocenters. The van der Waals surface area contributed by atoms with Crippen LogP contribution in [0, 0.1) is 0 Å². The lowest BCUT2D eigenvalue weighted by atomic mass is 9.74. The molecule has 0 atom stereocenters. The largest absolute Gasteiger partial charge is 0.396 e. The molecule has 4 aromatic carbocycles. The minimum absolute atomic E-state index is 0.0380. The second-order valence-electron chi connectivity index (χ2n) is 9.74. The highest BCUT2D eigenvalue weighted by Gasteiger charge is 2.28. The van der Waals surface area contributed by atoms with Crippen molar-refractivity contribution < 1.29 is 19.8 Å². The predicted molar refractivity (Wildman–Crippen MR) is 148 cm³/mol. The Kier molecular flexibility index (Phi) is 8.12. The van der Waals surface area contributed by atoms with Gasteiger partial charge in [0, 0.05) is 29.8 Å². The summed E-state index contributed by atoms with van der Waals surface area (Å²) in [6.07, 6.45) is 2.57. The first kappa shape index (κ1) is 26.2. The molecule has 4 rings (SSSR count). The maximum atomic E-state index is 12.3. The van der Waals surface area contributed by atoms with Gasteiger partial charge in [0.1, 0.15) is 0 Å². The first-order valence-corrected chi connectivity index (χ1v) is 12.5. The molecule has 0 heterocycles. The lowest BCUT2D eigenvalue weighted by Crippen LogP contribution is -2.21. The average molecular weight is 493 g/mol. The molecule has 0 bridgehead atoms. The van der Waals surface area contributed by atoms with Crippen molar-refractivity contribution in [3.05, 3.63) is 118 Å². The number of hydrogen-bond donors (Lipinski definition) is 2. The number of rotatable bonds is 10. The van der Waals surface area contributed by atoms with E-state index < -0.39 is 5.41 Å². The van der Waals surface area contributed by atoms with Crippen LogP contribution in [0.3, 0.4) is 0 Å². The van der Waals surface area contributed by atoms with Crippen molar-refractivity contribution in [2.75, 3.05) is 13.2 Å². The van der Waals surface area contributed by atoms with Crippen molar-refractivity contribution >= 4 is 12.6 Å². The smallest absolute Gasteiger partial charge is 0.150 e. The molecule has 0 aliphatic rings. The third kappa shape index (κ3) is 5.31. The van der Waals surface area contributed by atoms with E-state index in [1.165, 1.54) is 0 Å². The third-order valence-electron chi connectivity index (χ3n) is 7.09. The molecule has 0 aliphatic carbocycles. The minimum Gasteiger partial charge on any atom is -0.396 e.